The lowest BCUT2D eigenvalue weighted by Crippen LogP contribution is -2.61. The molecule has 2 fully saturated rings. The molecule has 136 valence electrons. The number of piperazine rings is 1. The Morgan fingerprint density at radius 1 is 1.28 bits per heavy atom. The largest absolute Gasteiger partial charge is 0.476 e. The molecular formula is C17H25N5O3. The van der Waals surface area contributed by atoms with Crippen LogP contribution in [-0.4, -0.2) is 82.1 Å². The average Bonchev–Trinajstić information content (AvgIpc) is 2.77. The van der Waals surface area contributed by atoms with E-state index in [2.05, 4.69) is 26.8 Å². The molecule has 8 nitrogen and oxygen atoms in total. The van der Waals surface area contributed by atoms with E-state index in [-0.39, 0.29) is 17.1 Å². The number of anilines is 1. The number of hydrogen-bond donors (Lipinski definition) is 1. The zero-order chi connectivity index (χ0) is 18.0. The summed E-state index contributed by atoms with van der Waals surface area (Å²) in [4.78, 5) is 38.1. The van der Waals surface area contributed by atoms with Gasteiger partial charge < -0.3 is 14.9 Å². The zero-order valence-electron chi connectivity index (χ0n) is 14.8. The Labute approximate surface area is 147 Å². The van der Waals surface area contributed by atoms with E-state index in [9.17, 15) is 9.59 Å². The molecule has 1 aromatic heterocycles. The van der Waals surface area contributed by atoms with Crippen LogP contribution in [0, 0.1) is 0 Å². The molecule has 2 saturated heterocycles. The molecule has 1 spiro atoms. The van der Waals surface area contributed by atoms with Crippen LogP contribution in [0.2, 0.25) is 0 Å². The average molecular weight is 347 g/mol. The van der Waals surface area contributed by atoms with Crippen molar-refractivity contribution in [1.29, 1.82) is 0 Å². The quantitative estimate of drug-likeness (QED) is 0.861. The second-order valence-electron chi connectivity index (χ2n) is 6.86. The van der Waals surface area contributed by atoms with Gasteiger partial charge in [0.2, 0.25) is 5.91 Å². The zero-order valence-corrected chi connectivity index (χ0v) is 14.8. The number of carbonyl (C=O) groups is 2. The van der Waals surface area contributed by atoms with Crippen molar-refractivity contribution >= 4 is 17.7 Å². The minimum absolute atomic E-state index is 0.0429. The maximum Gasteiger partial charge on any atom is 0.356 e. The van der Waals surface area contributed by atoms with Gasteiger partial charge in [-0.25, -0.2) is 9.78 Å². The Kier molecular flexibility index (Phi) is 4.89. The molecule has 0 aromatic carbocycles. The molecule has 0 unspecified atom stereocenters. The van der Waals surface area contributed by atoms with Gasteiger partial charge in [0.15, 0.2) is 5.69 Å². The summed E-state index contributed by atoms with van der Waals surface area (Å²) < 4.78 is 0. The van der Waals surface area contributed by atoms with E-state index in [0.29, 0.717) is 12.2 Å². The fraction of sp³-hybridized carbons (Fsp3) is 0.647. The van der Waals surface area contributed by atoms with Crippen LogP contribution in [0.3, 0.4) is 0 Å². The van der Waals surface area contributed by atoms with Crippen LogP contribution in [-0.2, 0) is 4.79 Å². The number of carboxylic acids is 1. The minimum Gasteiger partial charge on any atom is -0.476 e. The highest BCUT2D eigenvalue weighted by Crippen LogP contribution is 2.33. The summed E-state index contributed by atoms with van der Waals surface area (Å²) in [6.07, 6.45) is 5.15. The van der Waals surface area contributed by atoms with E-state index in [0.717, 1.165) is 45.6 Å². The molecule has 1 aromatic rings. The van der Waals surface area contributed by atoms with E-state index >= 15 is 0 Å². The van der Waals surface area contributed by atoms with Crippen LogP contribution in [0.25, 0.3) is 0 Å². The summed E-state index contributed by atoms with van der Waals surface area (Å²) in [5.74, 6) is -0.260. The molecule has 1 amide bonds. The van der Waals surface area contributed by atoms with Gasteiger partial charge in [-0.2, -0.15) is 0 Å². The third-order valence-corrected chi connectivity index (χ3v) is 5.55. The van der Waals surface area contributed by atoms with Crippen LogP contribution in [0.1, 0.15) is 36.7 Å². The van der Waals surface area contributed by atoms with Gasteiger partial charge in [-0.1, -0.05) is 0 Å². The highest BCUT2D eigenvalue weighted by molar-refractivity contribution is 5.85. The molecule has 0 bridgehead atoms. The fourth-order valence-electron chi connectivity index (χ4n) is 3.83. The van der Waals surface area contributed by atoms with Gasteiger partial charge in [-0.15, -0.1) is 0 Å². The van der Waals surface area contributed by atoms with Crippen molar-refractivity contribution in [2.75, 3.05) is 44.7 Å². The SMILES string of the molecule is CCN1CC[C@@]2(CCC1=O)CN(c1cncc(C(=O)O)n1)CCN2C. The molecule has 8 heteroatoms. The predicted molar refractivity (Wildman–Crippen MR) is 92.7 cm³/mol. The molecule has 1 atom stereocenters. The third kappa shape index (κ3) is 3.44. The van der Waals surface area contributed by atoms with Gasteiger partial charge in [-0.05, 0) is 26.8 Å². The van der Waals surface area contributed by atoms with Crippen molar-refractivity contribution in [2.24, 2.45) is 0 Å². The van der Waals surface area contributed by atoms with Crippen LogP contribution >= 0.6 is 0 Å². The van der Waals surface area contributed by atoms with Crippen molar-refractivity contribution < 1.29 is 14.7 Å². The Morgan fingerprint density at radius 2 is 2.08 bits per heavy atom. The van der Waals surface area contributed by atoms with Crippen molar-refractivity contribution in [3.63, 3.8) is 0 Å². The summed E-state index contributed by atoms with van der Waals surface area (Å²) in [6, 6.07) is 0. The van der Waals surface area contributed by atoms with Gasteiger partial charge in [0.05, 0.1) is 12.4 Å². The van der Waals surface area contributed by atoms with E-state index in [4.69, 9.17) is 5.11 Å². The van der Waals surface area contributed by atoms with Gasteiger partial charge in [0, 0.05) is 44.7 Å². The summed E-state index contributed by atoms with van der Waals surface area (Å²) in [7, 11) is 2.11. The van der Waals surface area contributed by atoms with Crippen molar-refractivity contribution in [2.45, 2.75) is 31.7 Å². The maximum atomic E-state index is 12.3. The molecule has 2 aliphatic rings. The minimum atomic E-state index is -1.07. The number of hydrogen-bond acceptors (Lipinski definition) is 6. The Hall–Kier alpha value is -2.22. The number of likely N-dealkylation sites (N-methyl/N-ethyl adjacent to an activating group) is 1. The predicted octanol–water partition coefficient (Wildman–Crippen LogP) is 0.698. The Bertz CT molecular complexity index is 667. The highest BCUT2D eigenvalue weighted by Gasteiger charge is 2.42. The van der Waals surface area contributed by atoms with E-state index < -0.39 is 5.97 Å². The van der Waals surface area contributed by atoms with Gasteiger partial charge in [0.25, 0.3) is 0 Å². The normalized spacial score (nSPS) is 25.3. The Balaban J connectivity index is 1.83. The molecule has 0 saturated carbocycles. The second kappa shape index (κ2) is 6.95. The lowest BCUT2D eigenvalue weighted by atomic mass is 9.86. The number of aromatic carboxylic acids is 1. The molecule has 3 rings (SSSR count). The smallest absolute Gasteiger partial charge is 0.356 e. The molecule has 0 aliphatic carbocycles. The second-order valence-corrected chi connectivity index (χ2v) is 6.86. The molecule has 2 aliphatic heterocycles. The lowest BCUT2D eigenvalue weighted by molar-refractivity contribution is -0.130. The summed E-state index contributed by atoms with van der Waals surface area (Å²) in [5, 5.41) is 9.14. The van der Waals surface area contributed by atoms with Gasteiger partial charge in [0.1, 0.15) is 5.82 Å². The lowest BCUT2D eigenvalue weighted by Gasteiger charge is -2.49. The number of likely N-dealkylation sites (tertiary alicyclic amines) is 1. The van der Waals surface area contributed by atoms with Crippen LogP contribution in [0.5, 0.6) is 0 Å². The van der Waals surface area contributed by atoms with Crippen molar-refractivity contribution in [3.8, 4) is 0 Å². The van der Waals surface area contributed by atoms with Crippen LogP contribution in [0.4, 0.5) is 5.82 Å². The molecule has 3 heterocycles. The molecule has 0 radical (unpaired) electrons. The van der Waals surface area contributed by atoms with E-state index in [1.807, 2.05) is 11.8 Å². The number of aromatic nitrogens is 2. The number of carbonyl (C=O) groups excluding carboxylic acids is 1. The van der Waals surface area contributed by atoms with Gasteiger partial charge >= 0.3 is 5.97 Å². The van der Waals surface area contributed by atoms with E-state index in [1.54, 1.807) is 6.20 Å². The third-order valence-electron chi connectivity index (χ3n) is 5.55. The number of amides is 1. The number of carboxylic acid groups (broad SMARTS) is 1. The monoisotopic (exact) mass is 347 g/mol. The topological polar surface area (TPSA) is 89.9 Å². The van der Waals surface area contributed by atoms with Crippen LogP contribution in [0.15, 0.2) is 12.4 Å². The highest BCUT2D eigenvalue weighted by atomic mass is 16.4. The number of nitrogens with zero attached hydrogens (tertiary/aromatic N) is 5. The molecular weight excluding hydrogens is 322 g/mol. The Morgan fingerprint density at radius 3 is 2.80 bits per heavy atom. The summed E-state index contributed by atoms with van der Waals surface area (Å²) in [5.41, 5.74) is -0.141. The summed E-state index contributed by atoms with van der Waals surface area (Å²) in [6.45, 7) is 5.86. The summed E-state index contributed by atoms with van der Waals surface area (Å²) >= 11 is 0. The first-order valence-corrected chi connectivity index (χ1v) is 8.74. The van der Waals surface area contributed by atoms with Crippen molar-refractivity contribution in [3.05, 3.63) is 18.1 Å². The fourth-order valence-corrected chi connectivity index (χ4v) is 3.83. The van der Waals surface area contributed by atoms with Crippen LogP contribution < -0.4 is 4.90 Å². The first-order valence-electron chi connectivity index (χ1n) is 8.74. The number of rotatable bonds is 3. The molecule has 25 heavy (non-hydrogen) atoms. The molecule has 1 N–H and O–H groups in total. The van der Waals surface area contributed by atoms with Crippen molar-refractivity contribution in [1.82, 2.24) is 19.8 Å². The maximum absolute atomic E-state index is 12.3. The standard InChI is InChI=1S/C17H25N5O3/c1-3-21-7-6-17(5-4-15(21)23)12-22(9-8-20(17)2)14-11-18-10-13(19-14)16(24)25/h10-11H,3-9,12H2,1-2H3,(H,24,25)/t17-/m0/s1. The van der Waals surface area contributed by atoms with Gasteiger partial charge in [-0.3, -0.25) is 14.7 Å². The first kappa shape index (κ1) is 17.6. The van der Waals surface area contributed by atoms with E-state index in [1.165, 1.54) is 6.20 Å². The first-order chi connectivity index (χ1) is 11.9.